The number of nitrogens with two attached hydrogens (primary N) is 1. The van der Waals surface area contributed by atoms with Crippen LogP contribution in [0.2, 0.25) is 10.0 Å². The van der Waals surface area contributed by atoms with E-state index in [9.17, 15) is 0 Å². The van der Waals surface area contributed by atoms with E-state index < -0.39 is 0 Å². The van der Waals surface area contributed by atoms with E-state index in [0.717, 1.165) is 23.4 Å². The summed E-state index contributed by atoms with van der Waals surface area (Å²) >= 11 is 12.0. The highest BCUT2D eigenvalue weighted by Crippen LogP contribution is 2.22. The normalized spacial score (nSPS) is 10.4. The smallest absolute Gasteiger partial charge is 0.148 e. The zero-order chi connectivity index (χ0) is 14.5. The number of nitrogens with zero attached hydrogens (tertiary/aromatic N) is 2. The van der Waals surface area contributed by atoms with Crippen LogP contribution in [0.15, 0.2) is 24.5 Å². The Morgan fingerprint density at radius 1 is 1.20 bits per heavy atom. The van der Waals surface area contributed by atoms with Gasteiger partial charge < -0.3 is 10.7 Å². The summed E-state index contributed by atoms with van der Waals surface area (Å²) in [4.78, 5) is 8.21. The lowest BCUT2D eigenvalue weighted by atomic mass is 10.1. The quantitative estimate of drug-likeness (QED) is 0.584. The number of halogens is 2. The van der Waals surface area contributed by atoms with Gasteiger partial charge in [0.1, 0.15) is 18.0 Å². The number of hydrogen-bond donors (Lipinski definition) is 3. The second-order valence-corrected chi connectivity index (χ2v) is 5.10. The Bertz CT molecular complexity index is 603. The van der Waals surface area contributed by atoms with Gasteiger partial charge in [-0.15, -0.1) is 0 Å². The van der Waals surface area contributed by atoms with E-state index in [1.54, 1.807) is 6.07 Å². The molecular formula is C13H15Cl2N5. The zero-order valence-corrected chi connectivity index (χ0v) is 12.5. The van der Waals surface area contributed by atoms with Crippen LogP contribution in [0.1, 0.15) is 11.1 Å². The molecule has 4 N–H and O–H groups in total. The van der Waals surface area contributed by atoms with Crippen LogP contribution in [-0.4, -0.2) is 16.5 Å². The van der Waals surface area contributed by atoms with Crippen LogP contribution in [0.4, 0.5) is 11.6 Å². The van der Waals surface area contributed by atoms with Crippen molar-refractivity contribution in [3.05, 3.63) is 45.7 Å². The summed E-state index contributed by atoms with van der Waals surface area (Å²) in [5, 5.41) is 4.55. The number of rotatable bonds is 5. The average molecular weight is 312 g/mol. The molecular weight excluding hydrogens is 297 g/mol. The molecule has 0 bridgehead atoms. The van der Waals surface area contributed by atoms with Gasteiger partial charge in [-0.25, -0.2) is 15.8 Å². The van der Waals surface area contributed by atoms with Gasteiger partial charge in [-0.3, -0.25) is 0 Å². The molecule has 0 unspecified atom stereocenters. The van der Waals surface area contributed by atoms with Crippen molar-refractivity contribution in [1.29, 1.82) is 0 Å². The molecule has 1 aromatic heterocycles. The summed E-state index contributed by atoms with van der Waals surface area (Å²) in [5.74, 6) is 6.73. The van der Waals surface area contributed by atoms with Gasteiger partial charge in [0, 0.05) is 22.2 Å². The number of benzene rings is 1. The number of nitrogen functional groups attached to an aromatic ring is 1. The second-order valence-electron chi connectivity index (χ2n) is 4.25. The van der Waals surface area contributed by atoms with Crippen molar-refractivity contribution < 1.29 is 0 Å². The summed E-state index contributed by atoms with van der Waals surface area (Å²) in [5.41, 5.74) is 4.44. The highest BCUT2D eigenvalue weighted by Gasteiger charge is 2.06. The molecule has 1 heterocycles. The van der Waals surface area contributed by atoms with E-state index in [0.29, 0.717) is 22.4 Å². The van der Waals surface area contributed by atoms with Gasteiger partial charge >= 0.3 is 0 Å². The van der Waals surface area contributed by atoms with Crippen LogP contribution in [-0.2, 0) is 6.42 Å². The maximum atomic E-state index is 6.13. The molecule has 20 heavy (non-hydrogen) atoms. The minimum atomic E-state index is 0.604. The Hall–Kier alpha value is -1.56. The molecule has 2 rings (SSSR count). The SMILES string of the molecule is Cc1c(NN)ncnc1NCCc1ccc(Cl)cc1Cl. The lowest BCUT2D eigenvalue weighted by molar-refractivity contribution is 0.990. The van der Waals surface area contributed by atoms with Crippen LogP contribution in [0, 0.1) is 6.92 Å². The molecule has 1 aromatic carbocycles. The molecule has 0 aliphatic heterocycles. The van der Waals surface area contributed by atoms with Gasteiger partial charge in [-0.2, -0.15) is 0 Å². The monoisotopic (exact) mass is 311 g/mol. The maximum Gasteiger partial charge on any atom is 0.148 e. The summed E-state index contributed by atoms with van der Waals surface area (Å²) in [6, 6.07) is 5.49. The summed E-state index contributed by atoms with van der Waals surface area (Å²) in [6.45, 7) is 2.59. The fourth-order valence-electron chi connectivity index (χ4n) is 1.81. The molecule has 0 radical (unpaired) electrons. The summed E-state index contributed by atoms with van der Waals surface area (Å²) in [6.07, 6.45) is 2.23. The van der Waals surface area contributed by atoms with Crippen molar-refractivity contribution in [2.45, 2.75) is 13.3 Å². The lowest BCUT2D eigenvalue weighted by Crippen LogP contribution is -2.13. The zero-order valence-electron chi connectivity index (χ0n) is 11.0. The molecule has 0 spiro atoms. The first-order valence-corrected chi connectivity index (χ1v) is 6.83. The molecule has 106 valence electrons. The van der Waals surface area contributed by atoms with Crippen molar-refractivity contribution in [2.75, 3.05) is 17.3 Å². The number of aromatic nitrogens is 2. The van der Waals surface area contributed by atoms with E-state index in [-0.39, 0.29) is 0 Å². The summed E-state index contributed by atoms with van der Waals surface area (Å²) in [7, 11) is 0. The molecule has 0 fully saturated rings. The van der Waals surface area contributed by atoms with Gasteiger partial charge in [-0.05, 0) is 31.0 Å². The number of nitrogens with one attached hydrogen (secondary N) is 2. The predicted octanol–water partition coefficient (Wildman–Crippen LogP) is 3.03. The maximum absolute atomic E-state index is 6.13. The van der Waals surface area contributed by atoms with Crippen LogP contribution in [0.25, 0.3) is 0 Å². The Labute approximate surface area is 127 Å². The fourth-order valence-corrected chi connectivity index (χ4v) is 2.32. The molecule has 2 aromatic rings. The minimum absolute atomic E-state index is 0.604. The molecule has 0 amide bonds. The van der Waals surface area contributed by atoms with Crippen molar-refractivity contribution in [2.24, 2.45) is 5.84 Å². The standard InChI is InChI=1S/C13H15Cl2N5/c1-8-12(18-7-19-13(8)20-16)17-5-4-9-2-3-10(14)6-11(9)15/h2-3,6-7H,4-5,16H2,1H3,(H2,17,18,19,20). The first-order chi connectivity index (χ1) is 9.61. The Morgan fingerprint density at radius 2 is 1.95 bits per heavy atom. The molecule has 0 saturated heterocycles. The Balaban J connectivity index is 1.99. The van der Waals surface area contributed by atoms with Gasteiger partial charge in [-0.1, -0.05) is 29.3 Å². The van der Waals surface area contributed by atoms with Gasteiger partial charge in [0.25, 0.3) is 0 Å². The van der Waals surface area contributed by atoms with Crippen LogP contribution < -0.4 is 16.6 Å². The second kappa shape index (κ2) is 6.74. The molecule has 5 nitrogen and oxygen atoms in total. The largest absolute Gasteiger partial charge is 0.369 e. The van der Waals surface area contributed by atoms with Gasteiger partial charge in [0.2, 0.25) is 0 Å². The predicted molar refractivity (Wildman–Crippen MR) is 83.2 cm³/mol. The van der Waals surface area contributed by atoms with Gasteiger partial charge in [0.05, 0.1) is 0 Å². The first-order valence-electron chi connectivity index (χ1n) is 6.08. The van der Waals surface area contributed by atoms with E-state index in [1.807, 2.05) is 19.1 Å². The topological polar surface area (TPSA) is 75.9 Å². The third-order valence-electron chi connectivity index (χ3n) is 2.92. The third-order valence-corrected chi connectivity index (χ3v) is 3.51. The Morgan fingerprint density at radius 3 is 2.65 bits per heavy atom. The Kier molecular flexibility index (Phi) is 5.00. The highest BCUT2D eigenvalue weighted by atomic mass is 35.5. The van der Waals surface area contributed by atoms with E-state index >= 15 is 0 Å². The van der Waals surface area contributed by atoms with Crippen LogP contribution in [0.5, 0.6) is 0 Å². The fraction of sp³-hybridized carbons (Fsp3) is 0.231. The third kappa shape index (κ3) is 3.50. The van der Waals surface area contributed by atoms with E-state index in [1.165, 1.54) is 6.33 Å². The molecule has 0 saturated carbocycles. The van der Waals surface area contributed by atoms with Crippen molar-refractivity contribution in [3.63, 3.8) is 0 Å². The highest BCUT2D eigenvalue weighted by molar-refractivity contribution is 6.35. The minimum Gasteiger partial charge on any atom is -0.369 e. The van der Waals surface area contributed by atoms with E-state index in [2.05, 4.69) is 20.7 Å². The number of anilines is 2. The number of hydrazine groups is 1. The van der Waals surface area contributed by atoms with E-state index in [4.69, 9.17) is 29.0 Å². The van der Waals surface area contributed by atoms with Crippen molar-refractivity contribution >= 4 is 34.8 Å². The average Bonchev–Trinajstić information content (AvgIpc) is 2.43. The first kappa shape index (κ1) is 14.8. The van der Waals surface area contributed by atoms with Gasteiger partial charge in [0.15, 0.2) is 0 Å². The van der Waals surface area contributed by atoms with Crippen molar-refractivity contribution in [3.8, 4) is 0 Å². The molecule has 0 aliphatic carbocycles. The van der Waals surface area contributed by atoms with Crippen LogP contribution in [0.3, 0.4) is 0 Å². The molecule has 0 atom stereocenters. The number of hydrogen-bond acceptors (Lipinski definition) is 5. The van der Waals surface area contributed by atoms with Crippen molar-refractivity contribution in [1.82, 2.24) is 9.97 Å². The molecule has 0 aliphatic rings. The summed E-state index contributed by atoms with van der Waals surface area (Å²) < 4.78 is 0. The van der Waals surface area contributed by atoms with Crippen LogP contribution >= 0.6 is 23.2 Å². The lowest BCUT2D eigenvalue weighted by Gasteiger charge is -2.11. The molecule has 7 heteroatoms.